The number of benzene rings is 1. The van der Waals surface area contributed by atoms with Crippen LogP contribution in [0.5, 0.6) is 5.75 Å². The van der Waals surface area contributed by atoms with Crippen molar-refractivity contribution in [3.63, 3.8) is 0 Å². The van der Waals surface area contributed by atoms with Crippen molar-refractivity contribution < 1.29 is 9.13 Å². The topological polar surface area (TPSA) is 34.1 Å². The number of rotatable bonds is 4. The van der Waals surface area contributed by atoms with E-state index in [4.69, 9.17) is 12.6 Å². The van der Waals surface area contributed by atoms with Crippen molar-refractivity contribution in [1.29, 1.82) is 0 Å². The predicted octanol–water partition coefficient (Wildman–Crippen LogP) is 1.64. The summed E-state index contributed by atoms with van der Waals surface area (Å²) < 4.78 is 18.2. The number of ether oxygens (including phenoxy) is 1. The molecule has 3 nitrogen and oxygen atoms in total. The Kier molecular flexibility index (Phi) is 3.82. The van der Waals surface area contributed by atoms with Gasteiger partial charge in [0.2, 0.25) is 5.95 Å². The van der Waals surface area contributed by atoms with Gasteiger partial charge in [0.05, 0.1) is 7.11 Å². The third-order valence-corrected chi connectivity index (χ3v) is 2.51. The molecule has 0 amide bonds. The first kappa shape index (κ1) is 12.4. The smallest absolute Gasteiger partial charge is 0.207 e. The molecule has 0 saturated carbocycles. The van der Waals surface area contributed by atoms with Gasteiger partial charge < -0.3 is 10.1 Å². The summed E-state index contributed by atoms with van der Waals surface area (Å²) in [7, 11) is 6.97. The lowest BCUT2D eigenvalue weighted by Gasteiger charge is -2.07. The van der Waals surface area contributed by atoms with Crippen molar-refractivity contribution in [3.05, 3.63) is 47.9 Å². The van der Waals surface area contributed by atoms with E-state index < -0.39 is 5.95 Å². The summed E-state index contributed by atoms with van der Waals surface area (Å²) in [4.78, 5) is 3.69. The van der Waals surface area contributed by atoms with Crippen LogP contribution < -0.4 is 15.5 Å². The van der Waals surface area contributed by atoms with Crippen molar-refractivity contribution in [3.8, 4) is 5.75 Å². The van der Waals surface area contributed by atoms with Gasteiger partial charge in [-0.05, 0) is 29.2 Å². The van der Waals surface area contributed by atoms with E-state index >= 15 is 0 Å². The summed E-state index contributed by atoms with van der Waals surface area (Å²) in [6.07, 6.45) is 0. The van der Waals surface area contributed by atoms with Crippen LogP contribution in [-0.4, -0.2) is 19.9 Å². The molecule has 2 rings (SSSR count). The lowest BCUT2D eigenvalue weighted by Crippen LogP contribution is -2.12. The third kappa shape index (κ3) is 3.00. The Morgan fingerprint density at radius 1 is 1.22 bits per heavy atom. The maximum absolute atomic E-state index is 13.1. The summed E-state index contributed by atoms with van der Waals surface area (Å²) in [6.45, 7) is 0.556. The number of anilines is 1. The first-order chi connectivity index (χ1) is 8.69. The van der Waals surface area contributed by atoms with Gasteiger partial charge in [0.15, 0.2) is 0 Å². The van der Waals surface area contributed by atoms with Crippen LogP contribution in [0.15, 0.2) is 36.4 Å². The van der Waals surface area contributed by atoms with Crippen LogP contribution in [-0.2, 0) is 6.54 Å². The quantitative estimate of drug-likeness (QED) is 0.653. The van der Waals surface area contributed by atoms with Crippen LogP contribution in [0.1, 0.15) is 5.56 Å². The molecule has 1 N–H and O–H groups in total. The fraction of sp³-hybridized carbons (Fsp3) is 0.154. The normalized spacial score (nSPS) is 10.1. The van der Waals surface area contributed by atoms with Gasteiger partial charge in [-0.1, -0.05) is 18.2 Å². The molecule has 5 heteroatoms. The van der Waals surface area contributed by atoms with Gasteiger partial charge in [0.1, 0.15) is 19.4 Å². The fourth-order valence-corrected chi connectivity index (χ4v) is 1.48. The van der Waals surface area contributed by atoms with Crippen LogP contribution in [0, 0.1) is 5.95 Å². The summed E-state index contributed by atoms with van der Waals surface area (Å²) >= 11 is 0. The van der Waals surface area contributed by atoms with Gasteiger partial charge in [-0.15, -0.1) is 0 Å². The second-order valence-corrected chi connectivity index (χ2v) is 3.78. The highest BCUT2D eigenvalue weighted by Crippen LogP contribution is 2.12. The Balaban J connectivity index is 1.99. The molecule has 18 heavy (non-hydrogen) atoms. The molecule has 0 aliphatic carbocycles. The first-order valence-electron chi connectivity index (χ1n) is 5.48. The molecule has 1 heterocycles. The summed E-state index contributed by atoms with van der Waals surface area (Å²) in [5.41, 5.74) is 1.10. The maximum Gasteiger partial charge on any atom is 0.207 e. The van der Waals surface area contributed by atoms with Gasteiger partial charge in [-0.3, -0.25) is 0 Å². The molecule has 1 aromatic heterocycles. The Morgan fingerprint density at radius 3 is 2.56 bits per heavy atom. The Morgan fingerprint density at radius 2 is 1.94 bits per heavy atom. The molecule has 0 spiro atoms. The van der Waals surface area contributed by atoms with Gasteiger partial charge in [0, 0.05) is 6.54 Å². The van der Waals surface area contributed by atoms with E-state index in [1.54, 1.807) is 13.2 Å². The van der Waals surface area contributed by atoms with E-state index in [1.807, 2.05) is 24.3 Å². The number of pyridine rings is 1. The number of aromatic nitrogens is 1. The molecule has 0 fully saturated rings. The highest BCUT2D eigenvalue weighted by atomic mass is 19.1. The SMILES string of the molecule is [B]c1ccc(NCc2ccc(OC)cc2)nc1F. The number of nitrogens with one attached hydrogen (secondary N) is 1. The highest BCUT2D eigenvalue weighted by molar-refractivity contribution is 6.32. The summed E-state index contributed by atoms with van der Waals surface area (Å²) in [6, 6.07) is 10.7. The van der Waals surface area contributed by atoms with E-state index in [9.17, 15) is 4.39 Å². The third-order valence-electron chi connectivity index (χ3n) is 2.51. The molecule has 90 valence electrons. The lowest BCUT2D eigenvalue weighted by atomic mass is 9.98. The number of hydrogen-bond donors (Lipinski definition) is 1. The van der Waals surface area contributed by atoms with Crippen LogP contribution in [0.25, 0.3) is 0 Å². The molecule has 0 aliphatic heterocycles. The minimum absolute atomic E-state index is 0.0463. The zero-order chi connectivity index (χ0) is 13.0. The van der Waals surface area contributed by atoms with Crippen molar-refractivity contribution in [2.45, 2.75) is 6.54 Å². The zero-order valence-corrected chi connectivity index (χ0v) is 9.98. The minimum atomic E-state index is -0.658. The van der Waals surface area contributed by atoms with Crippen LogP contribution in [0.2, 0.25) is 0 Å². The Labute approximate surface area is 106 Å². The van der Waals surface area contributed by atoms with E-state index in [-0.39, 0.29) is 5.46 Å². The minimum Gasteiger partial charge on any atom is -0.497 e. The van der Waals surface area contributed by atoms with E-state index in [0.29, 0.717) is 12.4 Å². The molecule has 0 atom stereocenters. The van der Waals surface area contributed by atoms with Crippen molar-refractivity contribution in [2.75, 3.05) is 12.4 Å². The number of halogens is 1. The molecule has 0 aliphatic rings. The van der Waals surface area contributed by atoms with Crippen LogP contribution >= 0.6 is 0 Å². The average Bonchev–Trinajstić information content (AvgIpc) is 2.41. The largest absolute Gasteiger partial charge is 0.497 e. The molecule has 2 aromatic rings. The predicted molar refractivity (Wildman–Crippen MR) is 69.9 cm³/mol. The van der Waals surface area contributed by atoms with Crippen molar-refractivity contribution in [2.24, 2.45) is 0 Å². The second kappa shape index (κ2) is 5.53. The zero-order valence-electron chi connectivity index (χ0n) is 9.98. The van der Waals surface area contributed by atoms with Crippen LogP contribution in [0.3, 0.4) is 0 Å². The molecular formula is C13H12BFN2O. The average molecular weight is 242 g/mol. The summed E-state index contributed by atoms with van der Waals surface area (Å²) in [5, 5.41) is 3.02. The van der Waals surface area contributed by atoms with Gasteiger partial charge in [-0.2, -0.15) is 4.39 Å². The number of nitrogens with zero attached hydrogens (tertiary/aromatic N) is 1. The van der Waals surface area contributed by atoms with Gasteiger partial charge in [-0.25, -0.2) is 4.98 Å². The van der Waals surface area contributed by atoms with Crippen molar-refractivity contribution in [1.82, 2.24) is 4.98 Å². The lowest BCUT2D eigenvalue weighted by molar-refractivity contribution is 0.414. The number of methoxy groups -OCH3 is 1. The molecule has 2 radical (unpaired) electrons. The summed E-state index contributed by atoms with van der Waals surface area (Å²) in [5.74, 6) is 0.600. The molecule has 1 aromatic carbocycles. The fourth-order valence-electron chi connectivity index (χ4n) is 1.48. The van der Waals surface area contributed by atoms with Crippen molar-refractivity contribution >= 4 is 19.1 Å². The second-order valence-electron chi connectivity index (χ2n) is 3.78. The molecule has 0 saturated heterocycles. The first-order valence-corrected chi connectivity index (χ1v) is 5.48. The monoisotopic (exact) mass is 242 g/mol. The standard InChI is InChI=1S/C13H12BFN2O/c1-18-10-4-2-9(3-5-10)8-16-12-7-6-11(14)13(15)17-12/h2-7H,8H2,1H3,(H,16,17). The van der Waals surface area contributed by atoms with Crippen LogP contribution in [0.4, 0.5) is 10.2 Å². The maximum atomic E-state index is 13.1. The Bertz CT molecular complexity index is 531. The molecule has 0 unspecified atom stereocenters. The van der Waals surface area contributed by atoms with Gasteiger partial charge in [0.25, 0.3) is 0 Å². The number of hydrogen-bond acceptors (Lipinski definition) is 3. The van der Waals surface area contributed by atoms with E-state index in [0.717, 1.165) is 11.3 Å². The highest BCUT2D eigenvalue weighted by Gasteiger charge is 2.00. The van der Waals surface area contributed by atoms with E-state index in [1.165, 1.54) is 6.07 Å². The molecule has 0 bridgehead atoms. The Hall–Kier alpha value is -2.04. The van der Waals surface area contributed by atoms with E-state index in [2.05, 4.69) is 10.3 Å². The molecular weight excluding hydrogens is 230 g/mol. The van der Waals surface area contributed by atoms with Gasteiger partial charge >= 0.3 is 0 Å².